The molecule has 0 saturated heterocycles. The minimum atomic E-state index is -1.21. The van der Waals surface area contributed by atoms with Crippen LogP contribution in [0.3, 0.4) is 0 Å². The maximum atomic E-state index is 11.2. The third-order valence-corrected chi connectivity index (χ3v) is 2.19. The van der Waals surface area contributed by atoms with E-state index in [0.29, 0.717) is 0 Å². The summed E-state index contributed by atoms with van der Waals surface area (Å²) in [5.41, 5.74) is 5.20. The average Bonchev–Trinajstić information content (AvgIpc) is 2.32. The molecule has 0 radical (unpaired) electrons. The number of hydrogen-bond acceptors (Lipinski definition) is 5. The molecule has 6 N–H and O–H groups in total. The summed E-state index contributed by atoms with van der Waals surface area (Å²) in [6.07, 6.45) is -0.177. The Morgan fingerprint density at radius 3 is 2.16 bits per heavy atom. The van der Waals surface area contributed by atoms with E-state index in [1.54, 1.807) is 0 Å². The Labute approximate surface area is 109 Å². The molecule has 0 aliphatic rings. The minimum Gasteiger partial charge on any atom is -0.480 e. The second-order valence-corrected chi connectivity index (χ2v) is 3.89. The number of carboxylic acids is 2. The van der Waals surface area contributed by atoms with Crippen LogP contribution in [0.1, 0.15) is 19.8 Å². The van der Waals surface area contributed by atoms with Gasteiger partial charge in [0.2, 0.25) is 11.8 Å². The Morgan fingerprint density at radius 2 is 1.68 bits per heavy atom. The lowest BCUT2D eigenvalue weighted by Crippen LogP contribution is -2.44. The summed E-state index contributed by atoms with van der Waals surface area (Å²) >= 11 is 0. The van der Waals surface area contributed by atoms with Gasteiger partial charge in [-0.25, -0.2) is 0 Å². The van der Waals surface area contributed by atoms with Crippen molar-refractivity contribution in [3.63, 3.8) is 0 Å². The first-order valence-corrected chi connectivity index (χ1v) is 5.51. The van der Waals surface area contributed by atoms with E-state index in [1.165, 1.54) is 6.92 Å². The van der Waals surface area contributed by atoms with Crippen LogP contribution < -0.4 is 16.4 Å². The van der Waals surface area contributed by atoms with E-state index in [-0.39, 0.29) is 19.4 Å². The Hall–Kier alpha value is -2.16. The van der Waals surface area contributed by atoms with Gasteiger partial charge in [0, 0.05) is 6.42 Å². The van der Waals surface area contributed by atoms with Crippen molar-refractivity contribution < 1.29 is 29.4 Å². The topological polar surface area (TPSA) is 159 Å². The van der Waals surface area contributed by atoms with Crippen LogP contribution in [0.15, 0.2) is 0 Å². The summed E-state index contributed by atoms with van der Waals surface area (Å²) in [5.74, 6) is -3.58. The number of rotatable bonds is 8. The van der Waals surface area contributed by atoms with E-state index in [0.717, 1.165) is 0 Å². The Bertz CT molecular complexity index is 370. The van der Waals surface area contributed by atoms with Crippen molar-refractivity contribution in [2.24, 2.45) is 5.73 Å². The third-order valence-electron chi connectivity index (χ3n) is 2.19. The summed E-state index contributed by atoms with van der Waals surface area (Å²) < 4.78 is 0. The first kappa shape index (κ1) is 16.8. The summed E-state index contributed by atoms with van der Waals surface area (Å²) in [4.78, 5) is 43.3. The Morgan fingerprint density at radius 1 is 1.11 bits per heavy atom. The van der Waals surface area contributed by atoms with Crippen molar-refractivity contribution in [1.29, 1.82) is 0 Å². The fourth-order valence-electron chi connectivity index (χ4n) is 1.03. The molecule has 9 heteroatoms. The first-order chi connectivity index (χ1) is 8.73. The molecule has 0 aromatic heterocycles. The van der Waals surface area contributed by atoms with Gasteiger partial charge >= 0.3 is 11.9 Å². The van der Waals surface area contributed by atoms with Crippen LogP contribution in [0.25, 0.3) is 0 Å². The SMILES string of the molecule is C[C@H](NC(=O)CNC(=O)CC[C@H](N)C(=O)O)C(=O)O. The van der Waals surface area contributed by atoms with Gasteiger partial charge < -0.3 is 26.6 Å². The van der Waals surface area contributed by atoms with E-state index in [4.69, 9.17) is 15.9 Å². The summed E-state index contributed by atoms with van der Waals surface area (Å²) in [6, 6.07) is -2.18. The molecule has 0 saturated carbocycles. The molecule has 0 spiro atoms. The van der Waals surface area contributed by atoms with Gasteiger partial charge in [0.25, 0.3) is 0 Å². The van der Waals surface area contributed by atoms with E-state index in [1.807, 2.05) is 0 Å². The van der Waals surface area contributed by atoms with Crippen molar-refractivity contribution in [3.05, 3.63) is 0 Å². The quantitative estimate of drug-likeness (QED) is 0.338. The molecule has 0 unspecified atom stereocenters. The van der Waals surface area contributed by atoms with Crippen molar-refractivity contribution in [3.8, 4) is 0 Å². The monoisotopic (exact) mass is 275 g/mol. The van der Waals surface area contributed by atoms with Crippen molar-refractivity contribution in [1.82, 2.24) is 10.6 Å². The van der Waals surface area contributed by atoms with Crippen LogP contribution >= 0.6 is 0 Å². The highest BCUT2D eigenvalue weighted by Crippen LogP contribution is 1.94. The molecule has 2 amide bonds. The lowest BCUT2D eigenvalue weighted by molar-refractivity contribution is -0.141. The van der Waals surface area contributed by atoms with E-state index in [9.17, 15) is 19.2 Å². The first-order valence-electron chi connectivity index (χ1n) is 5.51. The summed E-state index contributed by atoms with van der Waals surface area (Å²) in [6.45, 7) is 0.909. The molecule has 0 fully saturated rings. The second-order valence-electron chi connectivity index (χ2n) is 3.89. The molecule has 0 aromatic carbocycles. The Kier molecular flexibility index (Phi) is 7.12. The van der Waals surface area contributed by atoms with E-state index >= 15 is 0 Å². The van der Waals surface area contributed by atoms with E-state index < -0.39 is 35.8 Å². The standard InChI is InChI=1S/C10H17N3O6/c1-5(9(16)17)13-8(15)4-12-7(14)3-2-6(11)10(18)19/h5-6H,2-4,11H2,1H3,(H,12,14)(H,13,15)(H,16,17)(H,18,19)/t5-,6-/m0/s1. The zero-order valence-electron chi connectivity index (χ0n) is 10.4. The number of amides is 2. The predicted octanol–water partition coefficient (Wildman–Crippen LogP) is -2.12. The Balaban J connectivity index is 3.87. The molecular formula is C10H17N3O6. The third kappa shape index (κ3) is 7.71. The van der Waals surface area contributed by atoms with Gasteiger partial charge in [-0.1, -0.05) is 0 Å². The number of nitrogens with one attached hydrogen (secondary N) is 2. The number of carbonyl (C=O) groups is 4. The van der Waals surface area contributed by atoms with Gasteiger partial charge in [-0.3, -0.25) is 19.2 Å². The predicted molar refractivity (Wildman–Crippen MR) is 63.1 cm³/mol. The van der Waals surface area contributed by atoms with Crippen LogP contribution in [0.2, 0.25) is 0 Å². The number of hydrogen-bond donors (Lipinski definition) is 5. The summed E-state index contributed by atoms with van der Waals surface area (Å²) in [7, 11) is 0. The average molecular weight is 275 g/mol. The second kappa shape index (κ2) is 8.03. The smallest absolute Gasteiger partial charge is 0.325 e. The lowest BCUT2D eigenvalue weighted by Gasteiger charge is -2.10. The molecule has 0 aromatic rings. The zero-order valence-corrected chi connectivity index (χ0v) is 10.4. The highest BCUT2D eigenvalue weighted by Gasteiger charge is 2.16. The number of nitrogens with two attached hydrogens (primary N) is 1. The largest absolute Gasteiger partial charge is 0.480 e. The van der Waals surface area contributed by atoms with Crippen LogP contribution in [0.4, 0.5) is 0 Å². The maximum Gasteiger partial charge on any atom is 0.325 e. The van der Waals surface area contributed by atoms with Gasteiger partial charge in [-0.2, -0.15) is 0 Å². The molecule has 2 atom stereocenters. The molecule has 108 valence electrons. The molecule has 0 aliphatic heterocycles. The molecule has 0 bridgehead atoms. The molecular weight excluding hydrogens is 258 g/mol. The van der Waals surface area contributed by atoms with Gasteiger partial charge in [0.1, 0.15) is 12.1 Å². The normalized spacial score (nSPS) is 13.2. The molecule has 0 heterocycles. The molecule has 0 rings (SSSR count). The van der Waals surface area contributed by atoms with Gasteiger partial charge in [-0.05, 0) is 13.3 Å². The number of carboxylic acid groups (broad SMARTS) is 2. The highest BCUT2D eigenvalue weighted by atomic mass is 16.4. The van der Waals surface area contributed by atoms with E-state index in [2.05, 4.69) is 10.6 Å². The van der Waals surface area contributed by atoms with Crippen LogP contribution in [0, 0.1) is 0 Å². The van der Waals surface area contributed by atoms with Crippen LogP contribution in [-0.4, -0.2) is 52.6 Å². The fraction of sp³-hybridized carbons (Fsp3) is 0.600. The maximum absolute atomic E-state index is 11.2. The minimum absolute atomic E-state index is 0.0473. The van der Waals surface area contributed by atoms with Crippen molar-refractivity contribution in [2.45, 2.75) is 31.8 Å². The number of carbonyl (C=O) groups excluding carboxylic acids is 2. The highest BCUT2D eigenvalue weighted by molar-refractivity contribution is 5.87. The van der Waals surface area contributed by atoms with Crippen LogP contribution in [-0.2, 0) is 19.2 Å². The van der Waals surface area contributed by atoms with Crippen molar-refractivity contribution >= 4 is 23.8 Å². The fourth-order valence-corrected chi connectivity index (χ4v) is 1.03. The lowest BCUT2D eigenvalue weighted by atomic mass is 10.1. The zero-order chi connectivity index (χ0) is 15.0. The molecule has 9 nitrogen and oxygen atoms in total. The summed E-state index contributed by atoms with van der Waals surface area (Å²) in [5, 5.41) is 21.4. The van der Waals surface area contributed by atoms with Gasteiger partial charge in [-0.15, -0.1) is 0 Å². The van der Waals surface area contributed by atoms with Crippen molar-refractivity contribution in [2.75, 3.05) is 6.54 Å². The van der Waals surface area contributed by atoms with Crippen LogP contribution in [0.5, 0.6) is 0 Å². The number of aliphatic carboxylic acids is 2. The molecule has 19 heavy (non-hydrogen) atoms. The van der Waals surface area contributed by atoms with Gasteiger partial charge in [0.15, 0.2) is 0 Å². The van der Waals surface area contributed by atoms with Gasteiger partial charge in [0.05, 0.1) is 6.54 Å². The molecule has 0 aliphatic carbocycles.